The molecule has 2 N–H and O–H groups in total. The topological polar surface area (TPSA) is 81.8 Å². The lowest BCUT2D eigenvalue weighted by Crippen LogP contribution is -2.40. The van der Waals surface area contributed by atoms with Crippen LogP contribution < -0.4 is 5.01 Å². The Morgan fingerprint density at radius 2 is 1.66 bits per heavy atom. The van der Waals surface area contributed by atoms with Gasteiger partial charge in [-0.1, -0.05) is 6.07 Å². The van der Waals surface area contributed by atoms with Crippen molar-refractivity contribution in [3.63, 3.8) is 0 Å². The zero-order chi connectivity index (χ0) is 21.6. The molecule has 0 spiro atoms. The highest BCUT2D eigenvalue weighted by molar-refractivity contribution is 5.95. The molecule has 3 heterocycles. The molecule has 12 heteroatoms. The van der Waals surface area contributed by atoms with Gasteiger partial charge in [0.25, 0.3) is 0 Å². The first-order valence-corrected chi connectivity index (χ1v) is 8.16. The van der Waals surface area contributed by atoms with E-state index in [2.05, 4.69) is 15.1 Å². The van der Waals surface area contributed by atoms with Crippen LogP contribution in [0, 0.1) is 12.8 Å². The first kappa shape index (κ1) is 21.0. The molecular weight excluding hydrogens is 406 g/mol. The Hall–Kier alpha value is -2.73. The molecule has 3 unspecified atom stereocenters. The first-order valence-electron chi connectivity index (χ1n) is 8.16. The summed E-state index contributed by atoms with van der Waals surface area (Å²) in [4.78, 5) is 7.31. The predicted octanol–water partition coefficient (Wildman–Crippen LogP) is 3.21. The normalized spacial score (nSPS) is 21.3. The number of hydrazone groups is 1. The molecule has 0 saturated heterocycles. The largest absolute Gasteiger partial charge is 0.431 e. The molecule has 1 aliphatic heterocycles. The molecule has 29 heavy (non-hydrogen) atoms. The third-order valence-electron chi connectivity index (χ3n) is 4.28. The zero-order valence-electron chi connectivity index (χ0n) is 14.6. The van der Waals surface area contributed by atoms with E-state index in [4.69, 9.17) is 0 Å². The van der Waals surface area contributed by atoms with E-state index in [0.29, 0.717) is 22.8 Å². The number of rotatable bonds is 3. The van der Waals surface area contributed by atoms with Crippen LogP contribution in [0.15, 0.2) is 41.8 Å². The number of hydrogen-bond donors (Lipinski definition) is 2. The number of halogens is 6. The lowest BCUT2D eigenvalue weighted by atomic mass is 9.92. The summed E-state index contributed by atoms with van der Waals surface area (Å²) in [5.41, 5.74) is -2.39. The number of aryl methyl sites for hydroxylation is 1. The molecule has 0 saturated carbocycles. The van der Waals surface area contributed by atoms with E-state index in [1.165, 1.54) is 12.3 Å². The van der Waals surface area contributed by atoms with Crippen LogP contribution in [0.1, 0.15) is 22.9 Å². The van der Waals surface area contributed by atoms with Crippen LogP contribution in [0.25, 0.3) is 0 Å². The van der Waals surface area contributed by atoms with Gasteiger partial charge in [-0.25, -0.2) is 9.99 Å². The van der Waals surface area contributed by atoms with Crippen molar-refractivity contribution in [1.29, 1.82) is 0 Å². The quantitative estimate of drug-likeness (QED) is 0.746. The molecular formula is C17H14F6N4O2. The molecule has 0 bridgehead atoms. The molecule has 0 fully saturated rings. The van der Waals surface area contributed by atoms with Crippen molar-refractivity contribution >= 4 is 11.5 Å². The highest BCUT2D eigenvalue weighted by atomic mass is 19.4. The minimum Gasteiger partial charge on any atom is -0.386 e. The van der Waals surface area contributed by atoms with E-state index in [1.807, 2.05) is 0 Å². The van der Waals surface area contributed by atoms with Gasteiger partial charge >= 0.3 is 12.4 Å². The average molecular weight is 420 g/mol. The van der Waals surface area contributed by atoms with Gasteiger partial charge in [0, 0.05) is 12.4 Å². The number of anilines is 1. The second-order valence-corrected chi connectivity index (χ2v) is 6.38. The maximum Gasteiger partial charge on any atom is 0.431 e. The number of alkyl halides is 6. The predicted molar refractivity (Wildman–Crippen MR) is 88.6 cm³/mol. The third-order valence-corrected chi connectivity index (χ3v) is 4.28. The van der Waals surface area contributed by atoms with Crippen LogP contribution in [-0.2, 0) is 6.18 Å². The standard InChI is InChI=1S/C17H14F6N4O2/c1-8-2-5-11(25-6-8)27-15(29)12(14(26-27)17(21,22)23)13(28)10-4-3-9(7-24-10)16(18,19)20/h2-7,12-13,15,28-29H,1H3. The molecule has 2 aromatic rings. The van der Waals surface area contributed by atoms with Gasteiger partial charge in [-0.05, 0) is 30.7 Å². The number of pyridine rings is 2. The van der Waals surface area contributed by atoms with E-state index in [1.54, 1.807) is 13.0 Å². The van der Waals surface area contributed by atoms with Gasteiger partial charge in [-0.2, -0.15) is 31.4 Å². The van der Waals surface area contributed by atoms with Gasteiger partial charge in [-0.15, -0.1) is 0 Å². The fraction of sp³-hybridized carbons (Fsp3) is 0.353. The summed E-state index contributed by atoms with van der Waals surface area (Å²) in [6.07, 6.45) is -12.0. The summed E-state index contributed by atoms with van der Waals surface area (Å²) >= 11 is 0. The fourth-order valence-corrected chi connectivity index (χ4v) is 2.81. The molecule has 0 radical (unpaired) electrons. The van der Waals surface area contributed by atoms with Crippen molar-refractivity contribution in [1.82, 2.24) is 9.97 Å². The molecule has 6 nitrogen and oxygen atoms in total. The summed E-state index contributed by atoms with van der Waals surface area (Å²) in [5, 5.41) is 24.8. The minimum absolute atomic E-state index is 0.0973. The molecule has 3 atom stereocenters. The molecule has 156 valence electrons. The number of aliphatic hydroxyl groups excluding tert-OH is 2. The Bertz CT molecular complexity index is 896. The fourth-order valence-electron chi connectivity index (χ4n) is 2.81. The number of hydrogen-bond acceptors (Lipinski definition) is 6. The Balaban J connectivity index is 1.96. The smallest absolute Gasteiger partial charge is 0.386 e. The summed E-state index contributed by atoms with van der Waals surface area (Å²) in [6.45, 7) is 1.70. The molecule has 2 aromatic heterocycles. The van der Waals surface area contributed by atoms with Crippen molar-refractivity contribution in [2.24, 2.45) is 11.0 Å². The second-order valence-electron chi connectivity index (χ2n) is 6.38. The van der Waals surface area contributed by atoms with E-state index >= 15 is 0 Å². The number of nitrogens with zero attached hydrogens (tertiary/aromatic N) is 4. The van der Waals surface area contributed by atoms with Crippen molar-refractivity contribution in [3.05, 3.63) is 53.5 Å². The van der Waals surface area contributed by atoms with Gasteiger partial charge in [0.1, 0.15) is 6.10 Å². The summed E-state index contributed by atoms with van der Waals surface area (Å²) in [5.74, 6) is -2.11. The maximum absolute atomic E-state index is 13.5. The summed E-state index contributed by atoms with van der Waals surface area (Å²) < 4.78 is 78.3. The highest BCUT2D eigenvalue weighted by Crippen LogP contribution is 2.40. The highest BCUT2D eigenvalue weighted by Gasteiger charge is 2.53. The Morgan fingerprint density at radius 3 is 2.14 bits per heavy atom. The molecule has 0 aliphatic carbocycles. The van der Waals surface area contributed by atoms with Crippen LogP contribution in [0.3, 0.4) is 0 Å². The lowest BCUT2D eigenvalue weighted by molar-refractivity contribution is -0.137. The Kier molecular flexibility index (Phi) is 5.26. The molecule has 0 amide bonds. The summed E-state index contributed by atoms with van der Waals surface area (Å²) in [7, 11) is 0. The molecule has 0 aromatic carbocycles. The number of aromatic nitrogens is 2. The Morgan fingerprint density at radius 1 is 0.966 bits per heavy atom. The van der Waals surface area contributed by atoms with E-state index in [9.17, 15) is 36.6 Å². The van der Waals surface area contributed by atoms with Crippen molar-refractivity contribution in [2.75, 3.05) is 5.01 Å². The monoisotopic (exact) mass is 420 g/mol. The van der Waals surface area contributed by atoms with E-state index in [-0.39, 0.29) is 5.82 Å². The van der Waals surface area contributed by atoms with Crippen molar-refractivity contribution in [3.8, 4) is 0 Å². The van der Waals surface area contributed by atoms with Gasteiger partial charge in [-0.3, -0.25) is 4.98 Å². The van der Waals surface area contributed by atoms with Crippen LogP contribution in [0.5, 0.6) is 0 Å². The van der Waals surface area contributed by atoms with E-state index in [0.717, 1.165) is 6.07 Å². The Labute approximate surface area is 160 Å². The van der Waals surface area contributed by atoms with Crippen molar-refractivity contribution in [2.45, 2.75) is 31.6 Å². The SMILES string of the molecule is Cc1ccc(N2N=C(C(F)(F)F)C(C(O)c3ccc(C(F)(F)F)cn3)C2O)nc1. The van der Waals surface area contributed by atoms with Crippen LogP contribution >= 0.6 is 0 Å². The third kappa shape index (κ3) is 4.17. The molecule has 1 aliphatic rings. The summed E-state index contributed by atoms with van der Waals surface area (Å²) in [6, 6.07) is 4.21. The average Bonchev–Trinajstić information content (AvgIpc) is 2.99. The van der Waals surface area contributed by atoms with Crippen LogP contribution in [-0.4, -0.2) is 38.3 Å². The van der Waals surface area contributed by atoms with Gasteiger partial charge in [0.05, 0.1) is 17.2 Å². The maximum atomic E-state index is 13.5. The molecule has 3 rings (SSSR count). The van der Waals surface area contributed by atoms with Crippen LogP contribution in [0.4, 0.5) is 32.2 Å². The zero-order valence-corrected chi connectivity index (χ0v) is 14.6. The van der Waals surface area contributed by atoms with Crippen molar-refractivity contribution < 1.29 is 36.6 Å². The van der Waals surface area contributed by atoms with E-state index < -0.39 is 47.6 Å². The van der Waals surface area contributed by atoms with Crippen LogP contribution in [0.2, 0.25) is 0 Å². The van der Waals surface area contributed by atoms with Gasteiger partial charge in [0.2, 0.25) is 0 Å². The first-order chi connectivity index (χ1) is 13.4. The van der Waals surface area contributed by atoms with Gasteiger partial charge in [0.15, 0.2) is 17.8 Å². The lowest BCUT2D eigenvalue weighted by Gasteiger charge is -2.26. The minimum atomic E-state index is -5.02. The van der Waals surface area contributed by atoms with Gasteiger partial charge < -0.3 is 10.2 Å². The number of aliphatic hydroxyl groups is 2. The second kappa shape index (κ2) is 7.26.